The summed E-state index contributed by atoms with van der Waals surface area (Å²) in [6, 6.07) is 15.5. The fraction of sp³-hybridized carbons (Fsp3) is 0. The summed E-state index contributed by atoms with van der Waals surface area (Å²) < 4.78 is 0. The number of fused-ring (bicyclic) bond motifs is 1. The zero-order chi connectivity index (χ0) is 14.7. The molecule has 0 aliphatic heterocycles. The number of nitrogens with two attached hydrogens (primary N) is 1. The fourth-order valence-electron chi connectivity index (χ4n) is 2.22. The molecule has 1 aromatic heterocycles. The Labute approximate surface area is 123 Å². The molecule has 2 N–H and O–H groups in total. The van der Waals surface area contributed by atoms with Crippen molar-refractivity contribution in [3.05, 3.63) is 77.3 Å². The van der Waals surface area contributed by atoms with Gasteiger partial charge in [-0.15, -0.1) is 0 Å². The molecular weight excluding hydrogens is 258 g/mol. The molecule has 0 saturated carbocycles. The lowest BCUT2D eigenvalue weighted by molar-refractivity contribution is 1.36. The number of aromatic nitrogens is 1. The molecule has 0 amide bonds. The summed E-state index contributed by atoms with van der Waals surface area (Å²) in [6.07, 6.45) is 5.73. The Balaban J connectivity index is 2.02. The standard InChI is InChI=1S/C18H13N3/c1-20-15-9-6-13(7-10-15)8-11-17-16-5-3-2-4-14(16)12-21-18(17)19/h2-12H,(H2,19,21)/b11-8+. The zero-order valence-corrected chi connectivity index (χ0v) is 11.3. The minimum atomic E-state index is 0.516. The van der Waals surface area contributed by atoms with Crippen molar-refractivity contribution in [2.75, 3.05) is 5.73 Å². The van der Waals surface area contributed by atoms with E-state index in [1.807, 2.05) is 48.6 Å². The van der Waals surface area contributed by atoms with Crippen molar-refractivity contribution in [3.8, 4) is 0 Å². The van der Waals surface area contributed by atoms with Crippen molar-refractivity contribution in [2.24, 2.45) is 0 Å². The van der Waals surface area contributed by atoms with Gasteiger partial charge in [0.25, 0.3) is 0 Å². The van der Waals surface area contributed by atoms with E-state index in [1.165, 1.54) is 0 Å². The molecule has 0 aliphatic rings. The average Bonchev–Trinajstić information content (AvgIpc) is 2.54. The zero-order valence-electron chi connectivity index (χ0n) is 11.3. The van der Waals surface area contributed by atoms with Gasteiger partial charge in [-0.3, -0.25) is 0 Å². The molecule has 100 valence electrons. The highest BCUT2D eigenvalue weighted by Gasteiger charge is 2.03. The lowest BCUT2D eigenvalue weighted by Crippen LogP contribution is -1.94. The number of nitrogen functional groups attached to an aromatic ring is 1. The minimum Gasteiger partial charge on any atom is -0.383 e. The number of nitrogens with zero attached hydrogens (tertiary/aromatic N) is 2. The third-order valence-corrected chi connectivity index (χ3v) is 3.33. The molecule has 0 spiro atoms. The van der Waals surface area contributed by atoms with E-state index in [0.717, 1.165) is 21.9 Å². The molecule has 0 unspecified atom stereocenters. The maximum absolute atomic E-state index is 6.95. The Hall–Kier alpha value is -3.12. The Kier molecular flexibility index (Phi) is 3.36. The SMILES string of the molecule is [C-]#[N+]c1ccc(/C=C/c2c(N)ncc3ccccc23)cc1. The maximum atomic E-state index is 6.95. The van der Waals surface area contributed by atoms with Gasteiger partial charge in [0, 0.05) is 17.1 Å². The molecular formula is C18H13N3. The lowest BCUT2D eigenvalue weighted by Gasteiger charge is -2.05. The summed E-state index contributed by atoms with van der Waals surface area (Å²) in [6.45, 7) is 6.95. The van der Waals surface area contributed by atoms with Gasteiger partial charge in [-0.2, -0.15) is 0 Å². The van der Waals surface area contributed by atoms with Crippen LogP contribution in [-0.2, 0) is 0 Å². The van der Waals surface area contributed by atoms with Crippen molar-refractivity contribution in [2.45, 2.75) is 0 Å². The van der Waals surface area contributed by atoms with Crippen LogP contribution in [0.1, 0.15) is 11.1 Å². The monoisotopic (exact) mass is 271 g/mol. The van der Waals surface area contributed by atoms with Gasteiger partial charge in [-0.25, -0.2) is 9.83 Å². The molecule has 0 aliphatic carbocycles. The Bertz CT molecular complexity index is 856. The summed E-state index contributed by atoms with van der Waals surface area (Å²) in [5.74, 6) is 0.516. The summed E-state index contributed by atoms with van der Waals surface area (Å²) in [4.78, 5) is 7.61. The Morgan fingerprint density at radius 3 is 2.52 bits per heavy atom. The van der Waals surface area contributed by atoms with Crippen LogP contribution >= 0.6 is 0 Å². The number of benzene rings is 2. The molecule has 0 radical (unpaired) electrons. The van der Waals surface area contributed by atoms with Gasteiger partial charge < -0.3 is 5.73 Å². The molecule has 0 atom stereocenters. The van der Waals surface area contributed by atoms with Crippen LogP contribution < -0.4 is 5.73 Å². The molecule has 2 aromatic carbocycles. The van der Waals surface area contributed by atoms with Crippen molar-refractivity contribution in [1.82, 2.24) is 4.98 Å². The van der Waals surface area contributed by atoms with Gasteiger partial charge >= 0.3 is 0 Å². The second kappa shape index (κ2) is 5.48. The first-order valence-electron chi connectivity index (χ1n) is 6.57. The van der Waals surface area contributed by atoms with E-state index in [0.29, 0.717) is 11.5 Å². The number of pyridine rings is 1. The van der Waals surface area contributed by atoms with Gasteiger partial charge in [0.15, 0.2) is 5.69 Å². The van der Waals surface area contributed by atoms with E-state index in [1.54, 1.807) is 18.3 Å². The molecule has 21 heavy (non-hydrogen) atoms. The van der Waals surface area contributed by atoms with Crippen molar-refractivity contribution < 1.29 is 0 Å². The van der Waals surface area contributed by atoms with E-state index >= 15 is 0 Å². The summed E-state index contributed by atoms with van der Waals surface area (Å²) >= 11 is 0. The van der Waals surface area contributed by atoms with E-state index < -0.39 is 0 Å². The average molecular weight is 271 g/mol. The minimum absolute atomic E-state index is 0.516. The van der Waals surface area contributed by atoms with Crippen molar-refractivity contribution in [3.63, 3.8) is 0 Å². The largest absolute Gasteiger partial charge is 0.383 e. The van der Waals surface area contributed by atoms with Crippen LogP contribution in [0.3, 0.4) is 0 Å². The third-order valence-electron chi connectivity index (χ3n) is 3.33. The van der Waals surface area contributed by atoms with Gasteiger partial charge in [0.2, 0.25) is 0 Å². The van der Waals surface area contributed by atoms with Crippen LogP contribution in [0.4, 0.5) is 11.5 Å². The van der Waals surface area contributed by atoms with Gasteiger partial charge in [-0.1, -0.05) is 60.7 Å². The lowest BCUT2D eigenvalue weighted by atomic mass is 10.1. The molecule has 0 bridgehead atoms. The first kappa shape index (κ1) is 12.9. The Morgan fingerprint density at radius 1 is 1.00 bits per heavy atom. The highest BCUT2D eigenvalue weighted by atomic mass is 14.8. The number of rotatable bonds is 2. The maximum Gasteiger partial charge on any atom is 0.187 e. The quantitative estimate of drug-likeness (QED) is 0.695. The van der Waals surface area contributed by atoms with E-state index in [9.17, 15) is 0 Å². The molecule has 3 nitrogen and oxygen atoms in total. The van der Waals surface area contributed by atoms with E-state index in [2.05, 4.69) is 9.83 Å². The topological polar surface area (TPSA) is 43.3 Å². The van der Waals surface area contributed by atoms with E-state index in [-0.39, 0.29) is 0 Å². The van der Waals surface area contributed by atoms with Crippen LogP contribution in [-0.4, -0.2) is 4.98 Å². The molecule has 0 saturated heterocycles. The van der Waals surface area contributed by atoms with E-state index in [4.69, 9.17) is 12.3 Å². The predicted molar refractivity (Wildman–Crippen MR) is 87.8 cm³/mol. The first-order valence-corrected chi connectivity index (χ1v) is 6.57. The van der Waals surface area contributed by atoms with Crippen LogP contribution in [0, 0.1) is 6.57 Å². The number of anilines is 1. The molecule has 3 rings (SSSR count). The van der Waals surface area contributed by atoms with Crippen molar-refractivity contribution >= 4 is 34.4 Å². The summed E-state index contributed by atoms with van der Waals surface area (Å²) in [7, 11) is 0. The van der Waals surface area contributed by atoms with Crippen LogP contribution in [0.15, 0.2) is 54.7 Å². The van der Waals surface area contributed by atoms with Gasteiger partial charge in [-0.05, 0) is 10.9 Å². The normalized spacial score (nSPS) is 10.8. The number of hydrogen-bond donors (Lipinski definition) is 1. The van der Waals surface area contributed by atoms with Gasteiger partial charge in [0.05, 0.1) is 6.57 Å². The smallest absolute Gasteiger partial charge is 0.187 e. The molecule has 0 fully saturated rings. The molecule has 1 heterocycles. The van der Waals surface area contributed by atoms with Gasteiger partial charge in [0.1, 0.15) is 5.82 Å². The second-order valence-electron chi connectivity index (χ2n) is 4.68. The predicted octanol–water partition coefficient (Wildman–Crippen LogP) is 4.54. The fourth-order valence-corrected chi connectivity index (χ4v) is 2.22. The Morgan fingerprint density at radius 2 is 1.76 bits per heavy atom. The summed E-state index contributed by atoms with van der Waals surface area (Å²) in [5.41, 5.74) is 8.57. The number of hydrogen-bond acceptors (Lipinski definition) is 2. The summed E-state index contributed by atoms with van der Waals surface area (Å²) in [5, 5.41) is 2.15. The highest BCUT2D eigenvalue weighted by molar-refractivity contribution is 5.95. The highest BCUT2D eigenvalue weighted by Crippen LogP contribution is 2.24. The second-order valence-corrected chi connectivity index (χ2v) is 4.68. The van der Waals surface area contributed by atoms with Crippen LogP contribution in [0.5, 0.6) is 0 Å². The third kappa shape index (κ3) is 2.60. The molecule has 3 heteroatoms. The van der Waals surface area contributed by atoms with Crippen LogP contribution in [0.2, 0.25) is 0 Å². The van der Waals surface area contributed by atoms with Crippen molar-refractivity contribution in [1.29, 1.82) is 0 Å². The first-order chi connectivity index (χ1) is 10.3. The van der Waals surface area contributed by atoms with Crippen LogP contribution in [0.25, 0.3) is 27.8 Å². The molecule has 3 aromatic rings.